The molecule has 1 atom stereocenters. The van der Waals surface area contributed by atoms with Crippen molar-refractivity contribution >= 4 is 11.7 Å². The largest absolute Gasteiger partial charge is 0.493 e. The lowest BCUT2D eigenvalue weighted by Crippen LogP contribution is -2.17. The van der Waals surface area contributed by atoms with Gasteiger partial charge in [0.1, 0.15) is 5.75 Å². The number of carboxylic acid groups (broad SMARTS) is 1. The SMILES string of the molecule is Nc1ccc2c(c1)OCCC2CC(=O)O. The van der Waals surface area contributed by atoms with Crippen molar-refractivity contribution in [2.75, 3.05) is 12.3 Å². The molecule has 0 radical (unpaired) electrons. The monoisotopic (exact) mass is 207 g/mol. The predicted octanol–water partition coefficient (Wildman–Crippen LogP) is 1.61. The summed E-state index contributed by atoms with van der Waals surface area (Å²) in [5.41, 5.74) is 7.23. The average molecular weight is 207 g/mol. The molecule has 1 aliphatic heterocycles. The van der Waals surface area contributed by atoms with Crippen LogP contribution in [-0.4, -0.2) is 17.7 Å². The van der Waals surface area contributed by atoms with E-state index in [2.05, 4.69) is 0 Å². The Morgan fingerprint density at radius 1 is 1.60 bits per heavy atom. The van der Waals surface area contributed by atoms with E-state index in [9.17, 15) is 4.79 Å². The van der Waals surface area contributed by atoms with Gasteiger partial charge in [0, 0.05) is 17.7 Å². The first-order chi connectivity index (χ1) is 7.16. The summed E-state index contributed by atoms with van der Waals surface area (Å²) in [6, 6.07) is 5.39. The van der Waals surface area contributed by atoms with E-state index in [1.54, 1.807) is 12.1 Å². The molecular formula is C11H13NO3. The van der Waals surface area contributed by atoms with Gasteiger partial charge in [0.2, 0.25) is 0 Å². The molecule has 0 saturated carbocycles. The fourth-order valence-electron chi connectivity index (χ4n) is 1.90. The zero-order valence-electron chi connectivity index (χ0n) is 8.27. The number of ether oxygens (including phenoxy) is 1. The van der Waals surface area contributed by atoms with Gasteiger partial charge in [-0.1, -0.05) is 6.07 Å². The van der Waals surface area contributed by atoms with Crippen molar-refractivity contribution in [1.82, 2.24) is 0 Å². The molecule has 4 heteroatoms. The summed E-state index contributed by atoms with van der Waals surface area (Å²) >= 11 is 0. The highest BCUT2D eigenvalue weighted by Crippen LogP contribution is 2.36. The lowest BCUT2D eigenvalue weighted by molar-refractivity contribution is -0.137. The van der Waals surface area contributed by atoms with E-state index in [-0.39, 0.29) is 12.3 Å². The molecule has 0 amide bonds. The number of anilines is 1. The molecule has 0 aromatic heterocycles. The van der Waals surface area contributed by atoms with Crippen LogP contribution in [0.25, 0.3) is 0 Å². The van der Waals surface area contributed by atoms with Crippen LogP contribution in [0, 0.1) is 0 Å². The minimum atomic E-state index is -0.773. The summed E-state index contributed by atoms with van der Waals surface area (Å²) in [6.45, 7) is 0.564. The maximum Gasteiger partial charge on any atom is 0.303 e. The van der Waals surface area contributed by atoms with Gasteiger partial charge in [-0.2, -0.15) is 0 Å². The zero-order chi connectivity index (χ0) is 10.8. The second-order valence-corrected chi connectivity index (χ2v) is 3.73. The van der Waals surface area contributed by atoms with Gasteiger partial charge >= 0.3 is 5.97 Å². The number of hydrogen-bond donors (Lipinski definition) is 2. The fraction of sp³-hybridized carbons (Fsp3) is 0.364. The standard InChI is InChI=1S/C11H13NO3/c12-8-1-2-9-7(5-11(13)14)3-4-15-10(9)6-8/h1-2,6-7H,3-5,12H2,(H,13,14). The first-order valence-electron chi connectivity index (χ1n) is 4.91. The molecule has 0 spiro atoms. The number of nitrogen functional groups attached to an aromatic ring is 1. The van der Waals surface area contributed by atoms with Crippen LogP contribution in [0.5, 0.6) is 5.75 Å². The molecule has 0 aliphatic carbocycles. The van der Waals surface area contributed by atoms with E-state index in [1.165, 1.54) is 0 Å². The van der Waals surface area contributed by atoms with Gasteiger partial charge < -0.3 is 15.6 Å². The Hall–Kier alpha value is -1.71. The number of hydrogen-bond acceptors (Lipinski definition) is 3. The lowest BCUT2D eigenvalue weighted by Gasteiger charge is -2.24. The fourth-order valence-corrected chi connectivity index (χ4v) is 1.90. The number of rotatable bonds is 2. The van der Waals surface area contributed by atoms with Gasteiger partial charge in [-0.3, -0.25) is 4.79 Å². The Morgan fingerprint density at radius 2 is 2.40 bits per heavy atom. The number of carboxylic acids is 1. The third-order valence-electron chi connectivity index (χ3n) is 2.62. The third kappa shape index (κ3) is 2.03. The second-order valence-electron chi connectivity index (χ2n) is 3.73. The first-order valence-corrected chi connectivity index (χ1v) is 4.91. The van der Waals surface area contributed by atoms with Crippen LogP contribution in [0.3, 0.4) is 0 Å². The van der Waals surface area contributed by atoms with E-state index in [4.69, 9.17) is 15.6 Å². The smallest absolute Gasteiger partial charge is 0.303 e. The summed E-state index contributed by atoms with van der Waals surface area (Å²) in [4.78, 5) is 10.7. The van der Waals surface area contributed by atoms with Crippen LogP contribution < -0.4 is 10.5 Å². The van der Waals surface area contributed by atoms with Crippen molar-refractivity contribution in [3.63, 3.8) is 0 Å². The van der Waals surface area contributed by atoms with Crippen LogP contribution in [-0.2, 0) is 4.79 Å². The normalized spacial score (nSPS) is 19.1. The number of aliphatic carboxylic acids is 1. The van der Waals surface area contributed by atoms with Crippen molar-refractivity contribution in [3.8, 4) is 5.75 Å². The molecule has 15 heavy (non-hydrogen) atoms. The topological polar surface area (TPSA) is 72.5 Å². The highest BCUT2D eigenvalue weighted by atomic mass is 16.5. The van der Waals surface area contributed by atoms with Gasteiger partial charge in [-0.15, -0.1) is 0 Å². The Balaban J connectivity index is 2.30. The maximum atomic E-state index is 10.7. The summed E-state index contributed by atoms with van der Waals surface area (Å²) in [7, 11) is 0. The van der Waals surface area contributed by atoms with Crippen molar-refractivity contribution in [2.24, 2.45) is 0 Å². The van der Waals surface area contributed by atoms with Crippen molar-refractivity contribution in [3.05, 3.63) is 23.8 Å². The van der Waals surface area contributed by atoms with Gasteiger partial charge in [0.15, 0.2) is 0 Å². The van der Waals surface area contributed by atoms with E-state index < -0.39 is 5.97 Å². The highest BCUT2D eigenvalue weighted by molar-refractivity contribution is 5.68. The number of carbonyl (C=O) groups is 1. The van der Waals surface area contributed by atoms with Crippen LogP contribution >= 0.6 is 0 Å². The second kappa shape index (κ2) is 3.81. The van der Waals surface area contributed by atoms with E-state index in [0.717, 1.165) is 17.7 Å². The maximum absolute atomic E-state index is 10.7. The molecular weight excluding hydrogens is 194 g/mol. The molecule has 3 N–H and O–H groups in total. The summed E-state index contributed by atoms with van der Waals surface area (Å²) in [5.74, 6) is 0.00373. The Labute approximate surface area is 87.7 Å². The van der Waals surface area contributed by atoms with E-state index >= 15 is 0 Å². The van der Waals surface area contributed by atoms with Gasteiger partial charge in [-0.05, 0) is 18.1 Å². The van der Waals surface area contributed by atoms with Gasteiger partial charge in [0.25, 0.3) is 0 Å². The molecule has 0 bridgehead atoms. The average Bonchev–Trinajstić information content (AvgIpc) is 2.16. The van der Waals surface area contributed by atoms with Gasteiger partial charge in [-0.25, -0.2) is 0 Å². The molecule has 1 aromatic carbocycles. The van der Waals surface area contributed by atoms with Gasteiger partial charge in [0.05, 0.1) is 13.0 Å². The molecule has 1 unspecified atom stereocenters. The van der Waals surface area contributed by atoms with E-state index in [1.807, 2.05) is 6.07 Å². The van der Waals surface area contributed by atoms with Crippen LogP contribution in [0.15, 0.2) is 18.2 Å². The molecule has 1 heterocycles. The summed E-state index contributed by atoms with van der Waals surface area (Å²) in [5, 5.41) is 8.78. The Bertz CT molecular complexity index is 389. The number of fused-ring (bicyclic) bond motifs is 1. The number of benzene rings is 1. The first kappa shape index (κ1) is 9.83. The molecule has 80 valence electrons. The summed E-state index contributed by atoms with van der Waals surface area (Å²) in [6.07, 6.45) is 0.906. The predicted molar refractivity (Wildman–Crippen MR) is 56.0 cm³/mol. The van der Waals surface area contributed by atoms with E-state index in [0.29, 0.717) is 12.3 Å². The zero-order valence-corrected chi connectivity index (χ0v) is 8.27. The quantitative estimate of drug-likeness (QED) is 0.722. The number of nitrogens with two attached hydrogens (primary N) is 1. The molecule has 0 fully saturated rings. The van der Waals surface area contributed by atoms with Crippen LogP contribution in [0.2, 0.25) is 0 Å². The third-order valence-corrected chi connectivity index (χ3v) is 2.62. The minimum absolute atomic E-state index is 0.0480. The Morgan fingerprint density at radius 3 is 3.13 bits per heavy atom. The van der Waals surface area contributed by atoms with Crippen LogP contribution in [0.1, 0.15) is 24.3 Å². The van der Waals surface area contributed by atoms with Crippen molar-refractivity contribution in [2.45, 2.75) is 18.8 Å². The molecule has 4 nitrogen and oxygen atoms in total. The van der Waals surface area contributed by atoms with Crippen molar-refractivity contribution < 1.29 is 14.6 Å². The van der Waals surface area contributed by atoms with Crippen LogP contribution in [0.4, 0.5) is 5.69 Å². The lowest BCUT2D eigenvalue weighted by atomic mass is 9.90. The Kier molecular flexibility index (Phi) is 2.49. The summed E-state index contributed by atoms with van der Waals surface area (Å²) < 4.78 is 5.44. The molecule has 0 saturated heterocycles. The minimum Gasteiger partial charge on any atom is -0.493 e. The molecule has 1 aliphatic rings. The molecule has 1 aromatic rings. The molecule has 2 rings (SSSR count). The van der Waals surface area contributed by atoms with Crippen molar-refractivity contribution in [1.29, 1.82) is 0 Å². The highest BCUT2D eigenvalue weighted by Gasteiger charge is 2.23.